The average Bonchev–Trinajstić information content (AvgIpc) is 0.966. The smallest absolute Gasteiger partial charge is 0.462 e. The Labute approximate surface area is 595 Å². The second-order valence-electron chi connectivity index (χ2n) is 25.6. The molecule has 0 rings (SSSR count). The van der Waals surface area contributed by atoms with Crippen molar-refractivity contribution in [3.05, 3.63) is 97.2 Å². The third kappa shape index (κ3) is 70.4. The van der Waals surface area contributed by atoms with Gasteiger partial charge < -0.3 is 33.8 Å². The van der Waals surface area contributed by atoms with Gasteiger partial charge >= 0.3 is 39.5 Å². The van der Waals surface area contributed by atoms with E-state index < -0.39 is 97.5 Å². The van der Waals surface area contributed by atoms with Crippen molar-refractivity contribution in [3.63, 3.8) is 0 Å². The van der Waals surface area contributed by atoms with Crippen LogP contribution in [0.25, 0.3) is 0 Å². The number of esters is 4. The monoisotopic (exact) mass is 1420 g/mol. The number of aliphatic hydroxyl groups excluding tert-OH is 1. The minimum Gasteiger partial charge on any atom is -0.462 e. The molecule has 0 aromatic rings. The first-order chi connectivity index (χ1) is 47.7. The Bertz CT molecular complexity index is 2240. The molecule has 0 bridgehead atoms. The zero-order chi connectivity index (χ0) is 71.8. The van der Waals surface area contributed by atoms with Crippen molar-refractivity contribution in [2.24, 2.45) is 0 Å². The first-order valence-corrected chi connectivity index (χ1v) is 41.5. The summed E-state index contributed by atoms with van der Waals surface area (Å²) in [5.74, 6) is -2.21. The van der Waals surface area contributed by atoms with Crippen LogP contribution < -0.4 is 0 Å². The highest BCUT2D eigenvalue weighted by Crippen LogP contribution is 2.45. The lowest BCUT2D eigenvalue weighted by Crippen LogP contribution is -2.30. The van der Waals surface area contributed by atoms with E-state index in [1.54, 1.807) is 0 Å². The number of allylic oxidation sites excluding steroid dienone is 16. The summed E-state index contributed by atoms with van der Waals surface area (Å²) in [5, 5.41) is 10.6. The van der Waals surface area contributed by atoms with Gasteiger partial charge in [-0.25, -0.2) is 9.13 Å². The second-order valence-corrected chi connectivity index (χ2v) is 28.5. The lowest BCUT2D eigenvalue weighted by atomic mass is 10.0. The largest absolute Gasteiger partial charge is 0.472 e. The Morgan fingerprint density at radius 2 is 0.551 bits per heavy atom. The van der Waals surface area contributed by atoms with Crippen LogP contribution in [-0.2, 0) is 65.4 Å². The van der Waals surface area contributed by atoms with E-state index in [1.807, 2.05) is 0 Å². The Morgan fingerprint density at radius 3 is 0.857 bits per heavy atom. The third-order valence-electron chi connectivity index (χ3n) is 16.0. The molecule has 98 heavy (non-hydrogen) atoms. The van der Waals surface area contributed by atoms with Crippen molar-refractivity contribution in [2.75, 3.05) is 39.6 Å². The maximum Gasteiger partial charge on any atom is 0.472 e. The number of aliphatic hydroxyl groups is 1. The quantitative estimate of drug-likeness (QED) is 0.0169. The summed E-state index contributed by atoms with van der Waals surface area (Å²) in [6.07, 6.45) is 73.9. The number of phosphoric acid groups is 2. The topological polar surface area (TPSA) is 237 Å². The molecule has 5 atom stereocenters. The molecule has 19 heteroatoms. The molecule has 0 aromatic carbocycles. The predicted octanol–water partition coefficient (Wildman–Crippen LogP) is 22.0. The van der Waals surface area contributed by atoms with Crippen LogP contribution in [0.1, 0.15) is 323 Å². The van der Waals surface area contributed by atoms with E-state index in [1.165, 1.54) is 51.4 Å². The number of hydrogen-bond donors (Lipinski definition) is 3. The first kappa shape index (κ1) is 94.0. The van der Waals surface area contributed by atoms with Crippen molar-refractivity contribution in [3.8, 4) is 0 Å². The van der Waals surface area contributed by atoms with E-state index in [9.17, 15) is 43.2 Å². The molecule has 566 valence electrons. The Hall–Kier alpha value is -4.02. The van der Waals surface area contributed by atoms with Crippen LogP contribution in [0.2, 0.25) is 0 Å². The fourth-order valence-electron chi connectivity index (χ4n) is 10.2. The van der Waals surface area contributed by atoms with Gasteiger partial charge in [0.05, 0.1) is 26.4 Å². The van der Waals surface area contributed by atoms with Crippen molar-refractivity contribution < 1.29 is 80.2 Å². The van der Waals surface area contributed by atoms with Gasteiger partial charge in [-0.05, 0) is 116 Å². The van der Waals surface area contributed by atoms with Gasteiger partial charge in [0.1, 0.15) is 19.3 Å². The van der Waals surface area contributed by atoms with Crippen molar-refractivity contribution >= 4 is 39.5 Å². The molecule has 0 spiro atoms. The molecule has 3 N–H and O–H groups in total. The molecule has 0 heterocycles. The SMILES string of the molecule is CC/C=C\C/C=C\C/C=C\C/C=C\CCCCCCCCC(=O)OCC(COP(=O)(O)OCC(O)COP(=O)(O)OCC(COC(=O)CCCCCCC/C=C\C/C=C\CCC)OC(=O)CCCCCCC/C=C\C/C=C\CCC)OC(=O)CCCCCCCCCCCCCCC. The molecule has 0 aliphatic heterocycles. The van der Waals surface area contributed by atoms with Crippen LogP contribution in [0.15, 0.2) is 97.2 Å². The van der Waals surface area contributed by atoms with E-state index in [-0.39, 0.29) is 25.7 Å². The summed E-state index contributed by atoms with van der Waals surface area (Å²) >= 11 is 0. The zero-order valence-electron chi connectivity index (χ0n) is 61.7. The van der Waals surface area contributed by atoms with Gasteiger partial charge in [0.15, 0.2) is 12.2 Å². The molecule has 0 saturated carbocycles. The second kappa shape index (κ2) is 71.4. The fraction of sp³-hybridized carbons (Fsp3) is 0.747. The van der Waals surface area contributed by atoms with Crippen molar-refractivity contribution in [2.45, 2.75) is 341 Å². The van der Waals surface area contributed by atoms with E-state index in [0.717, 1.165) is 193 Å². The van der Waals surface area contributed by atoms with Crippen molar-refractivity contribution in [1.29, 1.82) is 0 Å². The number of carbonyl (C=O) groups is 4. The van der Waals surface area contributed by atoms with Gasteiger partial charge in [-0.1, -0.05) is 279 Å². The van der Waals surface area contributed by atoms with Crippen LogP contribution in [0.4, 0.5) is 0 Å². The molecule has 17 nitrogen and oxygen atoms in total. The lowest BCUT2D eigenvalue weighted by Gasteiger charge is -2.21. The van der Waals surface area contributed by atoms with Crippen molar-refractivity contribution in [1.82, 2.24) is 0 Å². The molecule has 0 aliphatic rings. The van der Waals surface area contributed by atoms with Crippen LogP contribution >= 0.6 is 15.6 Å². The number of carbonyl (C=O) groups excluding carboxylic acids is 4. The minimum atomic E-state index is -4.98. The minimum absolute atomic E-state index is 0.0762. The maximum atomic E-state index is 13.1. The van der Waals surface area contributed by atoms with Gasteiger partial charge in [0.25, 0.3) is 0 Å². The van der Waals surface area contributed by atoms with Crippen LogP contribution in [0, 0.1) is 0 Å². The molecule has 0 radical (unpaired) electrons. The predicted molar refractivity (Wildman–Crippen MR) is 399 cm³/mol. The normalized spacial score (nSPS) is 14.5. The van der Waals surface area contributed by atoms with Gasteiger partial charge in [-0.2, -0.15) is 0 Å². The summed E-state index contributed by atoms with van der Waals surface area (Å²) < 4.78 is 68.5. The molecule has 0 fully saturated rings. The maximum absolute atomic E-state index is 13.1. The Morgan fingerprint density at radius 1 is 0.296 bits per heavy atom. The van der Waals surface area contributed by atoms with Gasteiger partial charge in [-0.3, -0.25) is 37.3 Å². The number of phosphoric ester groups is 2. The van der Waals surface area contributed by atoms with E-state index in [0.29, 0.717) is 25.7 Å². The van der Waals surface area contributed by atoms with Gasteiger partial charge in [-0.15, -0.1) is 0 Å². The summed E-state index contributed by atoms with van der Waals surface area (Å²) in [7, 11) is -9.95. The average molecular weight is 1420 g/mol. The highest BCUT2D eigenvalue weighted by molar-refractivity contribution is 7.47. The van der Waals surface area contributed by atoms with Crippen LogP contribution in [0.5, 0.6) is 0 Å². The molecule has 0 aliphatic carbocycles. The standard InChI is InChI=1S/C79H138O17P2/c1-5-9-13-17-21-25-29-33-34-35-36-37-38-42-44-48-52-56-60-64-77(82)90-70-75(96-79(84)66-62-58-54-50-46-41-32-28-24-20-16-12-8-4)72-94-98(87,88)92-68-73(80)67-91-97(85,86)93-71-74(95-78(83)65-61-57-53-49-45-40-31-27-23-19-15-11-7-3)69-89-76(81)63-59-55-51-47-43-39-30-26-22-18-14-10-6-2/h9,13-15,18-19,21,25-27,30-31,33-34,36-37,73-75,80H,5-8,10-12,16-17,20,22-24,28-29,32,35,38-72H2,1-4H3,(H,85,86)(H,87,88)/b13-9-,18-14-,19-15-,25-21-,30-26-,31-27-,34-33-,37-36-. The summed E-state index contributed by atoms with van der Waals surface area (Å²) in [6.45, 7) is 4.61. The summed E-state index contributed by atoms with van der Waals surface area (Å²) in [4.78, 5) is 72.8. The highest BCUT2D eigenvalue weighted by atomic mass is 31.2. The number of ether oxygens (including phenoxy) is 4. The number of rotatable bonds is 72. The molecule has 0 aromatic heterocycles. The first-order valence-electron chi connectivity index (χ1n) is 38.5. The summed E-state index contributed by atoms with van der Waals surface area (Å²) in [5.41, 5.74) is 0. The van der Waals surface area contributed by atoms with Crippen LogP contribution in [-0.4, -0.2) is 96.7 Å². The van der Waals surface area contributed by atoms with Gasteiger partial charge in [0.2, 0.25) is 0 Å². The van der Waals surface area contributed by atoms with Gasteiger partial charge in [0, 0.05) is 25.7 Å². The number of hydrogen-bond acceptors (Lipinski definition) is 15. The third-order valence-corrected chi connectivity index (χ3v) is 17.9. The van der Waals surface area contributed by atoms with E-state index in [2.05, 4.69) is 125 Å². The van der Waals surface area contributed by atoms with E-state index in [4.69, 9.17) is 37.0 Å². The fourth-order valence-corrected chi connectivity index (χ4v) is 11.7. The summed E-state index contributed by atoms with van der Waals surface area (Å²) in [6, 6.07) is 0. The lowest BCUT2D eigenvalue weighted by molar-refractivity contribution is -0.161. The Balaban J connectivity index is 5.33. The molecule has 0 saturated heterocycles. The highest BCUT2D eigenvalue weighted by Gasteiger charge is 2.30. The molecular weight excluding hydrogens is 1280 g/mol. The van der Waals surface area contributed by atoms with E-state index >= 15 is 0 Å². The van der Waals surface area contributed by atoms with Crippen LogP contribution in [0.3, 0.4) is 0 Å². The molecular formula is C79H138O17P2. The molecule has 0 amide bonds. The number of unbranched alkanes of at least 4 members (excludes halogenated alkanes) is 30. The zero-order valence-corrected chi connectivity index (χ0v) is 63.5. The molecule has 5 unspecified atom stereocenters. The Kier molecular flexibility index (Phi) is 68.4.